The number of para-hydroxylation sites is 1. The van der Waals surface area contributed by atoms with Crippen molar-refractivity contribution in [1.29, 1.82) is 0 Å². The van der Waals surface area contributed by atoms with Gasteiger partial charge in [-0.2, -0.15) is 0 Å². The van der Waals surface area contributed by atoms with E-state index in [9.17, 15) is 4.79 Å². The lowest BCUT2D eigenvalue weighted by atomic mass is 9.95. The first-order valence-corrected chi connectivity index (χ1v) is 8.71. The summed E-state index contributed by atoms with van der Waals surface area (Å²) in [4.78, 5) is 24.3. The summed E-state index contributed by atoms with van der Waals surface area (Å²) in [6.45, 7) is 6.01. The number of rotatable bonds is 1. The van der Waals surface area contributed by atoms with Crippen LogP contribution in [0.5, 0.6) is 0 Å². The molecule has 0 saturated heterocycles. The van der Waals surface area contributed by atoms with Crippen LogP contribution in [0.4, 0.5) is 5.69 Å². The van der Waals surface area contributed by atoms with Gasteiger partial charge < -0.3 is 4.90 Å². The third-order valence-corrected chi connectivity index (χ3v) is 5.06. The standard InChI is InChI=1S/C21H21N3O/c1-13-8-9-16-6-4-5-7-20(16)24(13)21(25)17-10-11-18-19(12-17)23-15(3)14(2)22-18/h4-7,10-13H,8-9H2,1-3H3/t13-/m1/s1. The monoisotopic (exact) mass is 331 g/mol. The normalized spacial score (nSPS) is 16.8. The van der Waals surface area contributed by atoms with Crippen molar-refractivity contribution in [1.82, 2.24) is 9.97 Å². The Morgan fingerprint density at radius 2 is 1.76 bits per heavy atom. The summed E-state index contributed by atoms with van der Waals surface area (Å²) in [6, 6.07) is 14.0. The molecule has 126 valence electrons. The van der Waals surface area contributed by atoms with E-state index in [0.717, 1.165) is 41.0 Å². The van der Waals surface area contributed by atoms with Gasteiger partial charge in [0.1, 0.15) is 0 Å². The molecule has 0 unspecified atom stereocenters. The molecular weight excluding hydrogens is 310 g/mol. The number of aromatic nitrogens is 2. The highest BCUT2D eigenvalue weighted by molar-refractivity contribution is 6.08. The number of carbonyl (C=O) groups is 1. The van der Waals surface area contributed by atoms with Crippen LogP contribution in [0.2, 0.25) is 0 Å². The predicted molar refractivity (Wildman–Crippen MR) is 100 cm³/mol. The molecule has 2 heterocycles. The van der Waals surface area contributed by atoms with E-state index in [1.54, 1.807) is 0 Å². The second-order valence-electron chi connectivity index (χ2n) is 6.79. The maximum absolute atomic E-state index is 13.2. The van der Waals surface area contributed by atoms with Crippen LogP contribution in [-0.2, 0) is 6.42 Å². The molecule has 2 aromatic carbocycles. The average molecular weight is 331 g/mol. The summed E-state index contributed by atoms with van der Waals surface area (Å²) in [7, 11) is 0. The number of aryl methyl sites for hydroxylation is 3. The molecule has 3 aromatic rings. The SMILES string of the molecule is Cc1nc2ccc(C(=O)N3c4ccccc4CC[C@H]3C)cc2nc1C. The fourth-order valence-electron chi connectivity index (χ4n) is 3.50. The lowest BCUT2D eigenvalue weighted by molar-refractivity contribution is 0.0975. The topological polar surface area (TPSA) is 46.1 Å². The number of nitrogens with zero attached hydrogens (tertiary/aromatic N) is 3. The fraction of sp³-hybridized carbons (Fsp3) is 0.286. The van der Waals surface area contributed by atoms with Gasteiger partial charge in [-0.25, -0.2) is 9.97 Å². The van der Waals surface area contributed by atoms with E-state index >= 15 is 0 Å². The molecule has 0 fully saturated rings. The minimum absolute atomic E-state index is 0.0292. The number of benzene rings is 2. The van der Waals surface area contributed by atoms with Gasteiger partial charge in [-0.3, -0.25) is 4.79 Å². The fourth-order valence-corrected chi connectivity index (χ4v) is 3.50. The molecule has 0 bridgehead atoms. The summed E-state index contributed by atoms with van der Waals surface area (Å²) in [5.41, 5.74) is 6.34. The van der Waals surface area contributed by atoms with E-state index in [4.69, 9.17) is 0 Å². The molecule has 0 spiro atoms. The molecule has 0 N–H and O–H groups in total. The number of carbonyl (C=O) groups excluding carboxylic acids is 1. The Hall–Kier alpha value is -2.75. The van der Waals surface area contributed by atoms with Crippen LogP contribution in [0.1, 0.15) is 40.7 Å². The van der Waals surface area contributed by atoms with Crippen LogP contribution < -0.4 is 4.90 Å². The van der Waals surface area contributed by atoms with Gasteiger partial charge in [0.15, 0.2) is 0 Å². The highest BCUT2D eigenvalue weighted by Crippen LogP contribution is 2.32. The highest BCUT2D eigenvalue weighted by Gasteiger charge is 2.28. The van der Waals surface area contributed by atoms with Crippen LogP contribution in [0.25, 0.3) is 11.0 Å². The van der Waals surface area contributed by atoms with Crippen LogP contribution >= 0.6 is 0 Å². The summed E-state index contributed by atoms with van der Waals surface area (Å²) < 4.78 is 0. The number of anilines is 1. The minimum Gasteiger partial charge on any atom is -0.305 e. The van der Waals surface area contributed by atoms with Crippen molar-refractivity contribution in [3.05, 3.63) is 65.0 Å². The first-order chi connectivity index (χ1) is 12.0. The molecule has 1 aliphatic heterocycles. The average Bonchev–Trinajstić information content (AvgIpc) is 2.62. The Balaban J connectivity index is 1.78. The Morgan fingerprint density at radius 3 is 2.56 bits per heavy atom. The molecule has 0 radical (unpaired) electrons. The molecule has 4 rings (SSSR count). The zero-order valence-electron chi connectivity index (χ0n) is 14.8. The second kappa shape index (κ2) is 5.96. The number of hydrogen-bond donors (Lipinski definition) is 0. The molecule has 4 nitrogen and oxygen atoms in total. The predicted octanol–water partition coefficient (Wildman–Crippen LogP) is 4.23. The van der Waals surface area contributed by atoms with Gasteiger partial charge in [0.2, 0.25) is 0 Å². The largest absolute Gasteiger partial charge is 0.305 e. The Morgan fingerprint density at radius 1 is 1.04 bits per heavy atom. The van der Waals surface area contributed by atoms with Gasteiger partial charge >= 0.3 is 0 Å². The molecule has 0 aliphatic carbocycles. The maximum Gasteiger partial charge on any atom is 0.258 e. The summed E-state index contributed by atoms with van der Waals surface area (Å²) >= 11 is 0. The van der Waals surface area contributed by atoms with E-state index in [1.807, 2.05) is 55.1 Å². The van der Waals surface area contributed by atoms with Crippen LogP contribution in [0.3, 0.4) is 0 Å². The molecule has 1 atom stereocenters. The van der Waals surface area contributed by atoms with Crippen molar-refractivity contribution < 1.29 is 4.79 Å². The number of fused-ring (bicyclic) bond motifs is 2. The van der Waals surface area contributed by atoms with Gasteiger partial charge in [-0.1, -0.05) is 18.2 Å². The Kier molecular flexibility index (Phi) is 3.75. The smallest absolute Gasteiger partial charge is 0.258 e. The molecule has 25 heavy (non-hydrogen) atoms. The van der Waals surface area contributed by atoms with Crippen molar-refractivity contribution in [3.8, 4) is 0 Å². The lowest BCUT2D eigenvalue weighted by Gasteiger charge is -2.35. The zero-order valence-corrected chi connectivity index (χ0v) is 14.8. The third kappa shape index (κ3) is 2.68. The van der Waals surface area contributed by atoms with E-state index < -0.39 is 0 Å². The summed E-state index contributed by atoms with van der Waals surface area (Å²) in [5.74, 6) is 0.0292. The molecule has 1 aromatic heterocycles. The van der Waals surface area contributed by atoms with Crippen molar-refractivity contribution >= 4 is 22.6 Å². The number of amides is 1. The van der Waals surface area contributed by atoms with E-state index in [1.165, 1.54) is 5.56 Å². The quantitative estimate of drug-likeness (QED) is 0.670. The van der Waals surface area contributed by atoms with E-state index in [-0.39, 0.29) is 11.9 Å². The van der Waals surface area contributed by atoms with Crippen molar-refractivity contribution in [2.75, 3.05) is 4.90 Å². The molecular formula is C21H21N3O. The van der Waals surface area contributed by atoms with Crippen LogP contribution in [-0.4, -0.2) is 21.9 Å². The van der Waals surface area contributed by atoms with Gasteiger partial charge in [-0.05, 0) is 63.4 Å². The molecule has 4 heteroatoms. The van der Waals surface area contributed by atoms with Gasteiger partial charge in [0.25, 0.3) is 5.91 Å². The Bertz CT molecular complexity index is 980. The number of hydrogen-bond acceptors (Lipinski definition) is 3. The van der Waals surface area contributed by atoms with Crippen LogP contribution in [0.15, 0.2) is 42.5 Å². The third-order valence-electron chi connectivity index (χ3n) is 5.06. The molecule has 1 amide bonds. The summed E-state index contributed by atoms with van der Waals surface area (Å²) in [5, 5.41) is 0. The van der Waals surface area contributed by atoms with E-state index in [2.05, 4.69) is 23.0 Å². The lowest BCUT2D eigenvalue weighted by Crippen LogP contribution is -2.42. The van der Waals surface area contributed by atoms with Gasteiger partial charge in [0.05, 0.1) is 22.4 Å². The van der Waals surface area contributed by atoms with Crippen molar-refractivity contribution in [2.24, 2.45) is 0 Å². The first kappa shape index (κ1) is 15.8. The summed E-state index contributed by atoms with van der Waals surface area (Å²) in [6.07, 6.45) is 2.00. The Labute approximate surface area is 147 Å². The van der Waals surface area contributed by atoms with Crippen molar-refractivity contribution in [2.45, 2.75) is 39.7 Å². The van der Waals surface area contributed by atoms with Gasteiger partial charge in [0, 0.05) is 17.3 Å². The zero-order chi connectivity index (χ0) is 17.6. The highest BCUT2D eigenvalue weighted by atomic mass is 16.2. The van der Waals surface area contributed by atoms with Gasteiger partial charge in [-0.15, -0.1) is 0 Å². The van der Waals surface area contributed by atoms with Crippen LogP contribution in [0, 0.1) is 13.8 Å². The minimum atomic E-state index is 0.0292. The maximum atomic E-state index is 13.2. The van der Waals surface area contributed by atoms with E-state index in [0.29, 0.717) is 5.56 Å². The molecule has 1 aliphatic rings. The van der Waals surface area contributed by atoms with Crippen molar-refractivity contribution in [3.63, 3.8) is 0 Å². The second-order valence-corrected chi connectivity index (χ2v) is 6.79. The molecule has 0 saturated carbocycles. The first-order valence-electron chi connectivity index (χ1n) is 8.71.